The molecule has 0 fully saturated rings. The van der Waals surface area contributed by atoms with E-state index >= 15 is 0 Å². The minimum Gasteiger partial charge on any atom is -0.502 e. The number of phenolic OH excluding ortho intramolecular Hbond substituents is 1. The van der Waals surface area contributed by atoms with Crippen LogP contribution in [0.25, 0.3) is 0 Å². The molecular formula is C8H8ClNO3. The fourth-order valence-electron chi connectivity index (χ4n) is 0.985. The van der Waals surface area contributed by atoms with E-state index in [2.05, 4.69) is 0 Å². The second kappa shape index (κ2) is 3.22. The lowest BCUT2D eigenvalue weighted by Gasteiger charge is -2.05. The lowest BCUT2D eigenvalue weighted by Crippen LogP contribution is -1.93. The second-order valence-corrected chi connectivity index (χ2v) is 3.14. The molecule has 0 aromatic heterocycles. The molecule has 0 saturated carbocycles. The Bertz CT molecular complexity index is 376. The molecule has 1 aromatic rings. The van der Waals surface area contributed by atoms with Gasteiger partial charge in [0.15, 0.2) is 5.75 Å². The highest BCUT2D eigenvalue weighted by molar-refractivity contribution is 6.31. The van der Waals surface area contributed by atoms with E-state index in [4.69, 9.17) is 11.6 Å². The first-order chi connectivity index (χ1) is 5.95. The van der Waals surface area contributed by atoms with Crippen molar-refractivity contribution in [1.29, 1.82) is 0 Å². The van der Waals surface area contributed by atoms with E-state index in [1.54, 1.807) is 13.8 Å². The fraction of sp³-hybridized carbons (Fsp3) is 0.250. The van der Waals surface area contributed by atoms with Gasteiger partial charge in [-0.2, -0.15) is 0 Å². The number of nitro benzene ring substituents is 1. The van der Waals surface area contributed by atoms with Crippen molar-refractivity contribution < 1.29 is 10.0 Å². The summed E-state index contributed by atoms with van der Waals surface area (Å²) >= 11 is 5.72. The Morgan fingerprint density at radius 1 is 1.46 bits per heavy atom. The van der Waals surface area contributed by atoms with Gasteiger partial charge >= 0.3 is 5.69 Å². The summed E-state index contributed by atoms with van der Waals surface area (Å²) in [5, 5.41) is 20.1. The molecular weight excluding hydrogens is 194 g/mol. The number of nitrogens with zero attached hydrogens (tertiary/aromatic N) is 1. The van der Waals surface area contributed by atoms with Crippen LogP contribution in [0.4, 0.5) is 5.69 Å². The Morgan fingerprint density at radius 3 is 2.46 bits per heavy atom. The molecule has 0 heterocycles. The molecule has 0 aliphatic heterocycles. The highest BCUT2D eigenvalue weighted by Crippen LogP contribution is 2.35. The maximum Gasteiger partial charge on any atom is 0.312 e. The van der Waals surface area contributed by atoms with Gasteiger partial charge in [-0.25, -0.2) is 0 Å². The molecule has 0 spiro atoms. The van der Waals surface area contributed by atoms with Gasteiger partial charge in [0.1, 0.15) is 0 Å². The molecule has 70 valence electrons. The topological polar surface area (TPSA) is 63.4 Å². The third-order valence-corrected chi connectivity index (χ3v) is 2.37. The van der Waals surface area contributed by atoms with Crippen LogP contribution in [0.1, 0.15) is 11.1 Å². The van der Waals surface area contributed by atoms with Crippen LogP contribution in [0.15, 0.2) is 6.07 Å². The zero-order chi connectivity index (χ0) is 10.2. The first kappa shape index (κ1) is 9.80. The van der Waals surface area contributed by atoms with Crippen molar-refractivity contribution in [1.82, 2.24) is 0 Å². The molecule has 0 atom stereocenters. The monoisotopic (exact) mass is 201 g/mol. The average molecular weight is 202 g/mol. The Labute approximate surface area is 79.9 Å². The predicted molar refractivity (Wildman–Crippen MR) is 49.2 cm³/mol. The number of benzene rings is 1. The molecule has 5 heteroatoms. The van der Waals surface area contributed by atoms with Crippen LogP contribution in [-0.2, 0) is 0 Å². The number of hydrogen-bond acceptors (Lipinski definition) is 3. The molecule has 0 radical (unpaired) electrons. The minimum absolute atomic E-state index is 0.294. The summed E-state index contributed by atoms with van der Waals surface area (Å²) in [5.74, 6) is -0.313. The van der Waals surface area contributed by atoms with Crippen molar-refractivity contribution in [3.63, 3.8) is 0 Å². The highest BCUT2D eigenvalue weighted by Gasteiger charge is 2.18. The van der Waals surface area contributed by atoms with E-state index < -0.39 is 4.92 Å². The number of halogens is 1. The number of rotatable bonds is 1. The number of nitro groups is 1. The van der Waals surface area contributed by atoms with Crippen LogP contribution in [-0.4, -0.2) is 10.0 Å². The van der Waals surface area contributed by atoms with Crippen molar-refractivity contribution in [2.45, 2.75) is 13.8 Å². The summed E-state index contributed by atoms with van der Waals surface area (Å²) in [6, 6.07) is 1.15. The zero-order valence-electron chi connectivity index (χ0n) is 7.17. The van der Waals surface area contributed by atoms with Gasteiger partial charge in [0, 0.05) is 11.6 Å². The normalized spacial score (nSPS) is 10.1. The Kier molecular flexibility index (Phi) is 2.43. The van der Waals surface area contributed by atoms with E-state index in [1.165, 1.54) is 0 Å². The van der Waals surface area contributed by atoms with Gasteiger partial charge in [-0.15, -0.1) is 0 Å². The highest BCUT2D eigenvalue weighted by atomic mass is 35.5. The quantitative estimate of drug-likeness (QED) is 0.561. The van der Waals surface area contributed by atoms with Crippen LogP contribution >= 0.6 is 11.6 Å². The van der Waals surface area contributed by atoms with E-state index in [0.29, 0.717) is 16.1 Å². The lowest BCUT2D eigenvalue weighted by molar-refractivity contribution is -0.385. The van der Waals surface area contributed by atoms with Crippen LogP contribution in [0, 0.1) is 24.0 Å². The molecule has 0 amide bonds. The van der Waals surface area contributed by atoms with Crippen molar-refractivity contribution >= 4 is 17.3 Å². The smallest absolute Gasteiger partial charge is 0.312 e. The van der Waals surface area contributed by atoms with Crippen LogP contribution < -0.4 is 0 Å². The van der Waals surface area contributed by atoms with Gasteiger partial charge in [-0.3, -0.25) is 10.1 Å². The third kappa shape index (κ3) is 1.58. The number of aromatic hydroxyl groups is 1. The summed E-state index contributed by atoms with van der Waals surface area (Å²) < 4.78 is 0. The zero-order valence-corrected chi connectivity index (χ0v) is 7.92. The Morgan fingerprint density at radius 2 is 2.00 bits per heavy atom. The first-order valence-corrected chi connectivity index (χ1v) is 3.96. The largest absolute Gasteiger partial charge is 0.502 e. The van der Waals surface area contributed by atoms with Crippen molar-refractivity contribution in [2.75, 3.05) is 0 Å². The maximum atomic E-state index is 10.4. The van der Waals surface area contributed by atoms with Gasteiger partial charge in [0.2, 0.25) is 0 Å². The molecule has 1 rings (SSSR count). The van der Waals surface area contributed by atoms with Crippen LogP contribution in [0.5, 0.6) is 5.75 Å². The molecule has 4 nitrogen and oxygen atoms in total. The molecule has 0 aliphatic carbocycles. The van der Waals surface area contributed by atoms with Crippen LogP contribution in [0.2, 0.25) is 5.02 Å². The standard InChI is InChI=1S/C8H8ClNO3/c1-4-5(2)8(11)7(10(12)13)3-6(4)9/h3,11H,1-2H3. The molecule has 0 aliphatic rings. The van der Waals surface area contributed by atoms with Crippen molar-refractivity contribution in [3.8, 4) is 5.75 Å². The lowest BCUT2D eigenvalue weighted by atomic mass is 10.1. The number of phenols is 1. The summed E-state index contributed by atoms with van der Waals surface area (Å²) in [6.45, 7) is 3.28. The van der Waals surface area contributed by atoms with Gasteiger partial charge in [-0.05, 0) is 19.4 Å². The van der Waals surface area contributed by atoms with Crippen molar-refractivity contribution in [3.05, 3.63) is 32.3 Å². The minimum atomic E-state index is -0.659. The second-order valence-electron chi connectivity index (χ2n) is 2.73. The SMILES string of the molecule is Cc1c(Cl)cc([N+](=O)[O-])c(O)c1C. The first-order valence-electron chi connectivity index (χ1n) is 3.58. The third-order valence-electron chi connectivity index (χ3n) is 1.98. The van der Waals surface area contributed by atoms with E-state index in [-0.39, 0.29) is 11.4 Å². The summed E-state index contributed by atoms with van der Waals surface area (Å²) in [7, 11) is 0. The Balaban J connectivity index is 3.50. The fourth-order valence-corrected chi connectivity index (χ4v) is 1.23. The van der Waals surface area contributed by atoms with Crippen molar-refractivity contribution in [2.24, 2.45) is 0 Å². The summed E-state index contributed by atoms with van der Waals surface area (Å²) in [5.41, 5.74) is 0.747. The van der Waals surface area contributed by atoms with Crippen LogP contribution in [0.3, 0.4) is 0 Å². The van der Waals surface area contributed by atoms with E-state index in [9.17, 15) is 15.2 Å². The van der Waals surface area contributed by atoms with E-state index in [1.807, 2.05) is 0 Å². The average Bonchev–Trinajstić information content (AvgIpc) is 2.07. The molecule has 13 heavy (non-hydrogen) atoms. The summed E-state index contributed by atoms with van der Waals surface area (Å²) in [6.07, 6.45) is 0. The van der Waals surface area contributed by atoms with E-state index in [0.717, 1.165) is 6.07 Å². The molecule has 0 bridgehead atoms. The summed E-state index contributed by atoms with van der Waals surface area (Å²) in [4.78, 5) is 9.77. The van der Waals surface area contributed by atoms with Gasteiger partial charge in [0.05, 0.1) is 9.95 Å². The number of hydrogen-bond donors (Lipinski definition) is 1. The maximum absolute atomic E-state index is 10.4. The van der Waals surface area contributed by atoms with Gasteiger partial charge in [-0.1, -0.05) is 11.6 Å². The molecule has 1 aromatic carbocycles. The molecule has 1 N–H and O–H groups in total. The van der Waals surface area contributed by atoms with Gasteiger partial charge < -0.3 is 5.11 Å². The van der Waals surface area contributed by atoms with Gasteiger partial charge in [0.25, 0.3) is 0 Å². The molecule has 0 saturated heterocycles. The Hall–Kier alpha value is -1.29. The molecule has 0 unspecified atom stereocenters. The predicted octanol–water partition coefficient (Wildman–Crippen LogP) is 2.57.